The van der Waals surface area contributed by atoms with E-state index in [2.05, 4.69) is 22.0 Å². The highest BCUT2D eigenvalue weighted by atomic mass is 16.5. The fraction of sp³-hybridized carbons (Fsp3) is 0.167. The number of primary amides is 1. The van der Waals surface area contributed by atoms with Crippen molar-refractivity contribution in [2.75, 3.05) is 13.1 Å². The highest BCUT2D eigenvalue weighted by Gasteiger charge is 2.11. The van der Waals surface area contributed by atoms with Crippen molar-refractivity contribution in [1.82, 2.24) is 9.88 Å². The molecule has 3 aromatic carbocycles. The Balaban J connectivity index is 1.34. The zero-order valence-electron chi connectivity index (χ0n) is 20.0. The largest absolute Gasteiger partial charge is 0.439 e. The number of aromatic nitrogens is 1. The van der Waals surface area contributed by atoms with Crippen LogP contribution in [-0.2, 0) is 13.0 Å². The number of amides is 1. The van der Waals surface area contributed by atoms with Crippen molar-refractivity contribution < 1.29 is 14.3 Å². The van der Waals surface area contributed by atoms with E-state index in [0.29, 0.717) is 30.2 Å². The molecule has 1 amide bonds. The topological polar surface area (TPSA) is 85.5 Å². The lowest BCUT2D eigenvalue weighted by Crippen LogP contribution is -2.28. The molecule has 6 heteroatoms. The molecule has 36 heavy (non-hydrogen) atoms. The Kier molecular flexibility index (Phi) is 8.57. The molecule has 4 rings (SSSR count). The van der Waals surface area contributed by atoms with Crippen molar-refractivity contribution >= 4 is 11.7 Å². The number of rotatable bonds is 12. The van der Waals surface area contributed by atoms with Gasteiger partial charge in [0.25, 0.3) is 0 Å². The van der Waals surface area contributed by atoms with Crippen molar-refractivity contribution in [3.63, 3.8) is 0 Å². The number of carbonyl (C=O) groups is 2. The highest BCUT2D eigenvalue weighted by molar-refractivity contribution is 5.96. The summed E-state index contributed by atoms with van der Waals surface area (Å²) in [5, 5.41) is 0. The number of nitrogens with two attached hydrogens (primary N) is 1. The van der Waals surface area contributed by atoms with Gasteiger partial charge >= 0.3 is 0 Å². The average Bonchev–Trinajstić information content (AvgIpc) is 2.92. The normalized spacial score (nSPS) is 10.8. The first-order valence-electron chi connectivity index (χ1n) is 11.9. The van der Waals surface area contributed by atoms with Crippen LogP contribution in [0.3, 0.4) is 0 Å². The average molecular weight is 480 g/mol. The Morgan fingerprint density at radius 2 is 1.44 bits per heavy atom. The summed E-state index contributed by atoms with van der Waals surface area (Å²) in [4.78, 5) is 30.3. The molecule has 2 N–H and O–H groups in total. The second-order valence-electron chi connectivity index (χ2n) is 8.55. The van der Waals surface area contributed by atoms with Crippen LogP contribution >= 0.6 is 0 Å². The molecule has 0 saturated heterocycles. The molecule has 0 atom stereocenters. The lowest BCUT2D eigenvalue weighted by Gasteiger charge is -2.22. The molecule has 182 valence electrons. The number of ketones is 1. The molecule has 0 bridgehead atoms. The van der Waals surface area contributed by atoms with Gasteiger partial charge in [0.15, 0.2) is 5.78 Å². The summed E-state index contributed by atoms with van der Waals surface area (Å²) in [6.45, 7) is 2.31. The Morgan fingerprint density at radius 3 is 2.08 bits per heavy atom. The summed E-state index contributed by atoms with van der Waals surface area (Å²) >= 11 is 0. The maximum atomic E-state index is 12.6. The van der Waals surface area contributed by atoms with Gasteiger partial charge in [-0.1, -0.05) is 72.8 Å². The number of pyridine rings is 1. The van der Waals surface area contributed by atoms with E-state index in [4.69, 9.17) is 10.5 Å². The number of ether oxygens (including phenoxy) is 1. The van der Waals surface area contributed by atoms with Gasteiger partial charge in [-0.2, -0.15) is 0 Å². The van der Waals surface area contributed by atoms with E-state index in [1.54, 1.807) is 12.1 Å². The molecule has 0 unspecified atom stereocenters. The van der Waals surface area contributed by atoms with Gasteiger partial charge in [0.1, 0.15) is 5.75 Å². The van der Waals surface area contributed by atoms with Gasteiger partial charge in [-0.25, -0.2) is 4.98 Å². The summed E-state index contributed by atoms with van der Waals surface area (Å²) < 4.78 is 5.77. The summed E-state index contributed by atoms with van der Waals surface area (Å²) in [6.07, 6.45) is 2.72. The minimum absolute atomic E-state index is 0.160. The van der Waals surface area contributed by atoms with E-state index in [1.165, 1.54) is 17.3 Å². The van der Waals surface area contributed by atoms with Crippen LogP contribution in [0.4, 0.5) is 0 Å². The van der Waals surface area contributed by atoms with E-state index in [0.717, 1.165) is 25.1 Å². The maximum absolute atomic E-state index is 12.6. The molecule has 1 aromatic heterocycles. The van der Waals surface area contributed by atoms with Gasteiger partial charge in [-0.05, 0) is 35.7 Å². The number of nitrogens with zero attached hydrogens (tertiary/aromatic N) is 2. The first kappa shape index (κ1) is 24.8. The standard InChI is InChI=1S/C30H29N3O3/c31-30(35)26-13-16-29(32-21-26)36-27-14-11-23(12-15-27)17-19-33(22-24-7-3-1-4-8-24)20-18-28(34)25-9-5-2-6-10-25/h1-16,21H,17-20,22H2,(H2,31,35). The Bertz CT molecular complexity index is 1260. The Labute approximate surface area is 211 Å². The van der Waals surface area contributed by atoms with Crippen molar-refractivity contribution in [3.8, 4) is 11.6 Å². The van der Waals surface area contributed by atoms with Gasteiger partial charge in [-0.3, -0.25) is 14.5 Å². The van der Waals surface area contributed by atoms with Gasteiger partial charge in [0.2, 0.25) is 11.8 Å². The van der Waals surface area contributed by atoms with Crippen LogP contribution in [0.5, 0.6) is 11.6 Å². The summed E-state index contributed by atoms with van der Waals surface area (Å²) in [7, 11) is 0. The van der Waals surface area contributed by atoms with Crippen LogP contribution in [0, 0.1) is 0 Å². The summed E-state index contributed by atoms with van der Waals surface area (Å²) in [6, 6.07) is 30.8. The Hall–Kier alpha value is -4.29. The zero-order valence-corrected chi connectivity index (χ0v) is 20.0. The van der Waals surface area contributed by atoms with E-state index >= 15 is 0 Å². The van der Waals surface area contributed by atoms with Crippen LogP contribution in [0.15, 0.2) is 103 Å². The van der Waals surface area contributed by atoms with Gasteiger partial charge in [0.05, 0.1) is 5.56 Å². The highest BCUT2D eigenvalue weighted by Crippen LogP contribution is 2.20. The van der Waals surface area contributed by atoms with E-state index in [9.17, 15) is 9.59 Å². The lowest BCUT2D eigenvalue weighted by atomic mass is 10.1. The van der Waals surface area contributed by atoms with E-state index in [1.807, 2.05) is 72.8 Å². The predicted octanol–water partition coefficient (Wildman–Crippen LogP) is 5.29. The van der Waals surface area contributed by atoms with Crippen molar-refractivity contribution in [1.29, 1.82) is 0 Å². The molecule has 0 aliphatic carbocycles. The quantitative estimate of drug-likeness (QED) is 0.279. The van der Waals surface area contributed by atoms with Crippen molar-refractivity contribution in [2.45, 2.75) is 19.4 Å². The monoisotopic (exact) mass is 479 g/mol. The molecule has 1 heterocycles. The number of carbonyl (C=O) groups excluding carboxylic acids is 2. The number of hydrogen-bond donors (Lipinski definition) is 1. The van der Waals surface area contributed by atoms with E-state index < -0.39 is 5.91 Å². The third-order valence-electron chi connectivity index (χ3n) is 5.88. The first-order valence-corrected chi connectivity index (χ1v) is 11.9. The molecule has 6 nitrogen and oxygen atoms in total. The smallest absolute Gasteiger partial charge is 0.250 e. The van der Waals surface area contributed by atoms with Crippen LogP contribution in [-0.4, -0.2) is 34.7 Å². The maximum Gasteiger partial charge on any atom is 0.250 e. The molecular weight excluding hydrogens is 450 g/mol. The summed E-state index contributed by atoms with van der Waals surface area (Å²) in [5.41, 5.74) is 8.74. The van der Waals surface area contributed by atoms with Crippen LogP contribution in [0.2, 0.25) is 0 Å². The second-order valence-corrected chi connectivity index (χ2v) is 8.55. The third kappa shape index (κ3) is 7.35. The molecule has 0 aliphatic rings. The molecule has 0 aliphatic heterocycles. The fourth-order valence-electron chi connectivity index (χ4n) is 3.86. The summed E-state index contributed by atoms with van der Waals surface area (Å²) in [5.74, 6) is 0.689. The van der Waals surface area contributed by atoms with Crippen molar-refractivity contribution in [2.24, 2.45) is 5.73 Å². The molecule has 0 fully saturated rings. The number of hydrogen-bond acceptors (Lipinski definition) is 5. The molecule has 0 radical (unpaired) electrons. The van der Waals surface area contributed by atoms with Gasteiger partial charge < -0.3 is 10.5 Å². The lowest BCUT2D eigenvalue weighted by molar-refractivity contribution is 0.0960. The second kappa shape index (κ2) is 12.4. The minimum atomic E-state index is -0.524. The fourth-order valence-corrected chi connectivity index (χ4v) is 3.86. The van der Waals surface area contributed by atoms with Crippen LogP contribution in [0.25, 0.3) is 0 Å². The third-order valence-corrected chi connectivity index (χ3v) is 5.88. The number of benzene rings is 3. The number of Topliss-reactive ketones (excluding diaryl/α,β-unsaturated/α-hetero) is 1. The zero-order chi connectivity index (χ0) is 25.2. The molecule has 0 saturated carbocycles. The SMILES string of the molecule is NC(=O)c1ccc(Oc2ccc(CCN(CCC(=O)c3ccccc3)Cc3ccccc3)cc2)nc1. The molecular formula is C30H29N3O3. The minimum Gasteiger partial charge on any atom is -0.439 e. The van der Waals surface area contributed by atoms with Crippen LogP contribution in [0.1, 0.15) is 38.3 Å². The first-order chi connectivity index (χ1) is 17.6. The molecule has 4 aromatic rings. The van der Waals surface area contributed by atoms with Gasteiger partial charge in [-0.15, -0.1) is 0 Å². The van der Waals surface area contributed by atoms with Crippen LogP contribution < -0.4 is 10.5 Å². The molecule has 0 spiro atoms. The van der Waals surface area contributed by atoms with E-state index in [-0.39, 0.29) is 5.78 Å². The van der Waals surface area contributed by atoms with Crippen molar-refractivity contribution in [3.05, 3.63) is 126 Å². The van der Waals surface area contributed by atoms with Gasteiger partial charge in [0, 0.05) is 43.9 Å². The Morgan fingerprint density at radius 1 is 0.750 bits per heavy atom. The predicted molar refractivity (Wildman–Crippen MR) is 140 cm³/mol.